The second-order valence-electron chi connectivity index (χ2n) is 5.54. The number of nitrogens with one attached hydrogen (secondary N) is 2. The molecule has 2 heterocycles. The molecule has 2 aliphatic heterocycles. The molecule has 2 fully saturated rings. The Labute approximate surface area is 116 Å². The quantitative estimate of drug-likeness (QED) is 0.821. The van der Waals surface area contributed by atoms with Crippen LogP contribution in [0.15, 0.2) is 0 Å². The Balaban J connectivity index is 0.00000162. The molecule has 2 saturated heterocycles. The SMILES string of the molecule is CC1(C(=O)NCC2CCCCO2)CCCNC1.Cl. The molecule has 0 aromatic rings. The van der Waals surface area contributed by atoms with Gasteiger partial charge in [0.1, 0.15) is 0 Å². The molecule has 106 valence electrons. The average Bonchev–Trinajstić information content (AvgIpc) is 2.38. The van der Waals surface area contributed by atoms with E-state index >= 15 is 0 Å². The molecule has 1 amide bonds. The summed E-state index contributed by atoms with van der Waals surface area (Å²) in [7, 11) is 0. The van der Waals surface area contributed by atoms with Gasteiger partial charge in [0.15, 0.2) is 0 Å². The van der Waals surface area contributed by atoms with Gasteiger partial charge in [-0.3, -0.25) is 4.79 Å². The molecule has 0 spiro atoms. The van der Waals surface area contributed by atoms with E-state index < -0.39 is 0 Å². The summed E-state index contributed by atoms with van der Waals surface area (Å²) < 4.78 is 5.62. The molecule has 0 saturated carbocycles. The number of ether oxygens (including phenoxy) is 1. The summed E-state index contributed by atoms with van der Waals surface area (Å²) in [5, 5.41) is 6.36. The molecule has 2 unspecified atom stereocenters. The Hall–Kier alpha value is -0.320. The summed E-state index contributed by atoms with van der Waals surface area (Å²) in [6, 6.07) is 0. The number of hydrogen-bond acceptors (Lipinski definition) is 3. The monoisotopic (exact) mass is 276 g/mol. The summed E-state index contributed by atoms with van der Waals surface area (Å²) in [5.41, 5.74) is -0.229. The standard InChI is InChI=1S/C13H24N2O2.ClH/c1-13(6-4-7-14-10-13)12(16)15-9-11-5-2-3-8-17-11;/h11,14H,2-10H2,1H3,(H,15,16);1H. The molecule has 5 heteroatoms. The van der Waals surface area contributed by atoms with Crippen LogP contribution in [0.25, 0.3) is 0 Å². The minimum absolute atomic E-state index is 0. The van der Waals surface area contributed by atoms with Crippen molar-refractivity contribution < 1.29 is 9.53 Å². The van der Waals surface area contributed by atoms with E-state index in [-0.39, 0.29) is 29.8 Å². The zero-order valence-electron chi connectivity index (χ0n) is 11.2. The third-order valence-corrected chi connectivity index (χ3v) is 3.91. The third kappa shape index (κ3) is 4.11. The van der Waals surface area contributed by atoms with Crippen molar-refractivity contribution in [2.24, 2.45) is 5.41 Å². The third-order valence-electron chi connectivity index (χ3n) is 3.91. The lowest BCUT2D eigenvalue weighted by Crippen LogP contribution is -2.50. The molecule has 0 aromatic carbocycles. The lowest BCUT2D eigenvalue weighted by atomic mass is 9.82. The van der Waals surface area contributed by atoms with Gasteiger partial charge in [0, 0.05) is 19.7 Å². The molecule has 0 aliphatic carbocycles. The molecular formula is C13H25ClN2O2. The number of halogens is 1. The van der Waals surface area contributed by atoms with Gasteiger partial charge < -0.3 is 15.4 Å². The fourth-order valence-corrected chi connectivity index (χ4v) is 2.64. The summed E-state index contributed by atoms with van der Waals surface area (Å²) >= 11 is 0. The van der Waals surface area contributed by atoms with Crippen LogP contribution >= 0.6 is 12.4 Å². The van der Waals surface area contributed by atoms with Crippen LogP contribution in [0.3, 0.4) is 0 Å². The summed E-state index contributed by atoms with van der Waals surface area (Å²) in [4.78, 5) is 12.2. The number of carbonyl (C=O) groups is 1. The molecule has 0 bridgehead atoms. The molecule has 0 aromatic heterocycles. The summed E-state index contributed by atoms with van der Waals surface area (Å²) in [6.07, 6.45) is 5.76. The predicted molar refractivity (Wildman–Crippen MR) is 74.1 cm³/mol. The lowest BCUT2D eigenvalue weighted by Gasteiger charge is -2.33. The molecule has 2 aliphatic rings. The van der Waals surface area contributed by atoms with Gasteiger partial charge in [-0.2, -0.15) is 0 Å². The van der Waals surface area contributed by atoms with Crippen molar-refractivity contribution in [3.8, 4) is 0 Å². The van der Waals surface area contributed by atoms with Gasteiger partial charge in [-0.15, -0.1) is 12.4 Å². The maximum absolute atomic E-state index is 12.2. The zero-order chi connectivity index (χ0) is 12.1. The van der Waals surface area contributed by atoms with Gasteiger partial charge in [-0.1, -0.05) is 0 Å². The number of carbonyl (C=O) groups excluding carboxylic acids is 1. The van der Waals surface area contributed by atoms with Crippen LogP contribution in [-0.2, 0) is 9.53 Å². The Morgan fingerprint density at radius 1 is 1.44 bits per heavy atom. The minimum atomic E-state index is -0.229. The fraction of sp³-hybridized carbons (Fsp3) is 0.923. The van der Waals surface area contributed by atoms with Crippen molar-refractivity contribution in [1.82, 2.24) is 10.6 Å². The maximum atomic E-state index is 12.2. The second kappa shape index (κ2) is 7.31. The van der Waals surface area contributed by atoms with Crippen molar-refractivity contribution in [2.75, 3.05) is 26.2 Å². The zero-order valence-corrected chi connectivity index (χ0v) is 12.0. The lowest BCUT2D eigenvalue weighted by molar-refractivity contribution is -0.132. The highest BCUT2D eigenvalue weighted by Crippen LogP contribution is 2.25. The van der Waals surface area contributed by atoms with Crippen LogP contribution in [0.4, 0.5) is 0 Å². The van der Waals surface area contributed by atoms with E-state index in [1.165, 1.54) is 6.42 Å². The van der Waals surface area contributed by atoms with Crippen molar-refractivity contribution >= 4 is 18.3 Å². The first-order chi connectivity index (χ1) is 8.21. The normalized spacial score (nSPS) is 32.4. The summed E-state index contributed by atoms with van der Waals surface area (Å²) in [6.45, 7) is 5.41. The molecule has 4 nitrogen and oxygen atoms in total. The van der Waals surface area contributed by atoms with Crippen LogP contribution in [0.1, 0.15) is 39.0 Å². The van der Waals surface area contributed by atoms with Crippen molar-refractivity contribution in [3.63, 3.8) is 0 Å². The van der Waals surface area contributed by atoms with Gasteiger partial charge in [-0.05, 0) is 45.6 Å². The van der Waals surface area contributed by atoms with Gasteiger partial charge >= 0.3 is 0 Å². The van der Waals surface area contributed by atoms with E-state index in [1.807, 2.05) is 0 Å². The van der Waals surface area contributed by atoms with E-state index in [0.717, 1.165) is 45.4 Å². The molecule has 0 radical (unpaired) electrons. The largest absolute Gasteiger partial charge is 0.376 e. The molecule has 2 rings (SSSR count). The van der Waals surface area contributed by atoms with Crippen LogP contribution < -0.4 is 10.6 Å². The predicted octanol–water partition coefficient (Wildman–Crippen LogP) is 1.48. The first-order valence-corrected chi connectivity index (χ1v) is 6.81. The molecule has 2 atom stereocenters. The van der Waals surface area contributed by atoms with Gasteiger partial charge in [0.05, 0.1) is 11.5 Å². The van der Waals surface area contributed by atoms with E-state index in [4.69, 9.17) is 4.74 Å². The number of rotatable bonds is 3. The number of amides is 1. The topological polar surface area (TPSA) is 50.4 Å². The minimum Gasteiger partial charge on any atom is -0.376 e. The van der Waals surface area contributed by atoms with Crippen LogP contribution in [-0.4, -0.2) is 38.3 Å². The maximum Gasteiger partial charge on any atom is 0.227 e. The van der Waals surface area contributed by atoms with Gasteiger partial charge in [0.2, 0.25) is 5.91 Å². The first-order valence-electron chi connectivity index (χ1n) is 6.81. The van der Waals surface area contributed by atoms with Gasteiger partial charge in [0.25, 0.3) is 0 Å². The van der Waals surface area contributed by atoms with Crippen LogP contribution in [0.2, 0.25) is 0 Å². The smallest absolute Gasteiger partial charge is 0.227 e. The van der Waals surface area contributed by atoms with Crippen LogP contribution in [0, 0.1) is 5.41 Å². The molecular weight excluding hydrogens is 252 g/mol. The molecule has 2 N–H and O–H groups in total. The Morgan fingerprint density at radius 3 is 2.89 bits per heavy atom. The number of hydrogen-bond donors (Lipinski definition) is 2. The highest BCUT2D eigenvalue weighted by molar-refractivity contribution is 5.85. The number of piperidine rings is 1. The van der Waals surface area contributed by atoms with Crippen molar-refractivity contribution in [1.29, 1.82) is 0 Å². The average molecular weight is 277 g/mol. The van der Waals surface area contributed by atoms with Crippen LogP contribution in [0.5, 0.6) is 0 Å². The van der Waals surface area contributed by atoms with E-state index in [2.05, 4.69) is 17.6 Å². The Morgan fingerprint density at radius 2 is 2.28 bits per heavy atom. The molecule has 18 heavy (non-hydrogen) atoms. The van der Waals surface area contributed by atoms with Crippen molar-refractivity contribution in [3.05, 3.63) is 0 Å². The van der Waals surface area contributed by atoms with E-state index in [1.54, 1.807) is 0 Å². The van der Waals surface area contributed by atoms with Gasteiger partial charge in [-0.25, -0.2) is 0 Å². The highest BCUT2D eigenvalue weighted by Gasteiger charge is 2.34. The fourth-order valence-electron chi connectivity index (χ4n) is 2.64. The Kier molecular flexibility index (Phi) is 6.39. The Bertz CT molecular complexity index is 262. The highest BCUT2D eigenvalue weighted by atomic mass is 35.5. The van der Waals surface area contributed by atoms with E-state index in [0.29, 0.717) is 6.54 Å². The van der Waals surface area contributed by atoms with E-state index in [9.17, 15) is 4.79 Å². The van der Waals surface area contributed by atoms with Crippen molar-refractivity contribution in [2.45, 2.75) is 45.1 Å². The second-order valence-corrected chi connectivity index (χ2v) is 5.54. The first kappa shape index (κ1) is 15.7. The summed E-state index contributed by atoms with van der Waals surface area (Å²) in [5.74, 6) is 0.180.